The molecule has 2 aromatic rings. The molecule has 24 heavy (non-hydrogen) atoms. The zero-order valence-corrected chi connectivity index (χ0v) is 15.1. The number of ether oxygens (including phenoxy) is 1. The third-order valence-corrected chi connectivity index (χ3v) is 3.80. The number of carbonyl (C=O) groups is 1. The number of benzene rings is 2. The van der Waals surface area contributed by atoms with Crippen LogP contribution in [0.25, 0.3) is 0 Å². The fraction of sp³-hybridized carbons (Fsp3) is 0.125. The van der Waals surface area contributed by atoms with Crippen molar-refractivity contribution in [2.24, 2.45) is 0 Å². The molecule has 0 heterocycles. The van der Waals surface area contributed by atoms with E-state index in [2.05, 4.69) is 16.2 Å². The average molecular weight is 384 g/mol. The zero-order chi connectivity index (χ0) is 17.5. The number of methoxy groups -OCH3 is 1. The van der Waals surface area contributed by atoms with Crippen LogP contribution in [-0.2, 0) is 6.54 Å². The molecule has 0 radical (unpaired) electrons. The minimum absolute atomic E-state index is 0.277. The number of thiocarbonyl (C=S) groups is 1. The predicted octanol–water partition coefficient (Wildman–Crippen LogP) is 3.31. The quantitative estimate of drug-likeness (QED) is 0.558. The molecular weight excluding hydrogens is 369 g/mol. The SMILES string of the molecule is COc1ccc(Cl)cc1C(=O)NNC(=S)NCc1ccc(Cl)cc1. The van der Waals surface area contributed by atoms with Crippen molar-refractivity contribution in [3.05, 3.63) is 63.6 Å². The van der Waals surface area contributed by atoms with Gasteiger partial charge in [-0.1, -0.05) is 35.3 Å². The predicted molar refractivity (Wildman–Crippen MR) is 99.5 cm³/mol. The van der Waals surface area contributed by atoms with Gasteiger partial charge in [0.25, 0.3) is 5.91 Å². The van der Waals surface area contributed by atoms with Crippen LogP contribution in [0.1, 0.15) is 15.9 Å². The molecule has 0 saturated carbocycles. The summed E-state index contributed by atoms with van der Waals surface area (Å²) in [6.07, 6.45) is 0. The molecule has 2 rings (SSSR count). The Morgan fingerprint density at radius 2 is 1.75 bits per heavy atom. The molecule has 0 aliphatic heterocycles. The Balaban J connectivity index is 1.86. The fourth-order valence-corrected chi connectivity index (χ4v) is 2.29. The van der Waals surface area contributed by atoms with Gasteiger partial charge in [-0.25, -0.2) is 0 Å². The highest BCUT2D eigenvalue weighted by atomic mass is 35.5. The molecule has 0 atom stereocenters. The van der Waals surface area contributed by atoms with Crippen molar-refractivity contribution in [3.8, 4) is 5.75 Å². The average Bonchev–Trinajstić information content (AvgIpc) is 2.59. The first-order chi connectivity index (χ1) is 11.5. The summed E-state index contributed by atoms with van der Waals surface area (Å²) in [6.45, 7) is 0.499. The third kappa shape index (κ3) is 5.26. The van der Waals surface area contributed by atoms with Gasteiger partial charge in [0, 0.05) is 16.6 Å². The first kappa shape index (κ1) is 18.3. The summed E-state index contributed by atoms with van der Waals surface area (Å²) in [6, 6.07) is 12.1. The summed E-state index contributed by atoms with van der Waals surface area (Å²) in [5, 5.41) is 4.35. The van der Waals surface area contributed by atoms with Crippen LogP contribution in [0.4, 0.5) is 0 Å². The minimum Gasteiger partial charge on any atom is -0.496 e. The minimum atomic E-state index is -0.412. The number of amides is 1. The van der Waals surface area contributed by atoms with Crippen molar-refractivity contribution < 1.29 is 9.53 Å². The number of hydrazine groups is 1. The van der Waals surface area contributed by atoms with E-state index in [1.54, 1.807) is 24.3 Å². The first-order valence-electron chi connectivity index (χ1n) is 6.92. The zero-order valence-electron chi connectivity index (χ0n) is 12.7. The van der Waals surface area contributed by atoms with E-state index in [0.29, 0.717) is 27.9 Å². The van der Waals surface area contributed by atoms with Gasteiger partial charge in [0.15, 0.2) is 5.11 Å². The van der Waals surface area contributed by atoms with Crippen LogP contribution in [-0.4, -0.2) is 18.1 Å². The van der Waals surface area contributed by atoms with Crippen LogP contribution >= 0.6 is 35.4 Å². The lowest BCUT2D eigenvalue weighted by Crippen LogP contribution is -2.46. The van der Waals surface area contributed by atoms with Gasteiger partial charge >= 0.3 is 0 Å². The first-order valence-corrected chi connectivity index (χ1v) is 8.08. The van der Waals surface area contributed by atoms with Gasteiger partial charge in [-0.05, 0) is 48.1 Å². The van der Waals surface area contributed by atoms with Crippen LogP contribution in [0.5, 0.6) is 5.75 Å². The molecule has 0 saturated heterocycles. The van der Waals surface area contributed by atoms with Gasteiger partial charge in [0.05, 0.1) is 12.7 Å². The topological polar surface area (TPSA) is 62.4 Å². The lowest BCUT2D eigenvalue weighted by molar-refractivity contribution is 0.0940. The van der Waals surface area contributed by atoms with Crippen molar-refractivity contribution in [2.45, 2.75) is 6.54 Å². The summed E-state index contributed by atoms with van der Waals surface area (Å²) in [5.41, 5.74) is 6.43. The van der Waals surface area contributed by atoms with Gasteiger partial charge in [0.1, 0.15) is 5.75 Å². The number of carbonyl (C=O) groups excluding carboxylic acids is 1. The molecule has 1 amide bonds. The van der Waals surface area contributed by atoms with Crippen molar-refractivity contribution in [3.63, 3.8) is 0 Å². The van der Waals surface area contributed by atoms with E-state index in [4.69, 9.17) is 40.2 Å². The van der Waals surface area contributed by atoms with Crippen LogP contribution in [0.2, 0.25) is 10.0 Å². The summed E-state index contributed by atoms with van der Waals surface area (Å²) in [5.74, 6) is 0.00346. The van der Waals surface area contributed by atoms with E-state index in [1.165, 1.54) is 13.2 Å². The van der Waals surface area contributed by atoms with E-state index in [9.17, 15) is 4.79 Å². The number of rotatable bonds is 4. The Bertz CT molecular complexity index is 739. The largest absolute Gasteiger partial charge is 0.496 e. The van der Waals surface area contributed by atoms with E-state index in [-0.39, 0.29) is 5.11 Å². The molecule has 3 N–H and O–H groups in total. The summed E-state index contributed by atoms with van der Waals surface area (Å²) in [4.78, 5) is 12.2. The summed E-state index contributed by atoms with van der Waals surface area (Å²) < 4.78 is 5.14. The molecule has 8 heteroatoms. The molecule has 0 aliphatic rings. The molecule has 0 bridgehead atoms. The number of hydrogen-bond donors (Lipinski definition) is 3. The molecule has 2 aromatic carbocycles. The van der Waals surface area contributed by atoms with Crippen molar-refractivity contribution in [2.75, 3.05) is 7.11 Å². The van der Waals surface area contributed by atoms with E-state index < -0.39 is 5.91 Å². The lowest BCUT2D eigenvalue weighted by atomic mass is 10.2. The Hall–Kier alpha value is -2.02. The molecule has 5 nitrogen and oxygen atoms in total. The second kappa shape index (κ2) is 8.73. The van der Waals surface area contributed by atoms with E-state index in [0.717, 1.165) is 5.56 Å². The highest BCUT2D eigenvalue weighted by molar-refractivity contribution is 7.80. The van der Waals surface area contributed by atoms with Gasteiger partial charge in [-0.15, -0.1) is 0 Å². The van der Waals surface area contributed by atoms with Crippen LogP contribution in [0.3, 0.4) is 0 Å². The van der Waals surface area contributed by atoms with Gasteiger partial charge in [-0.3, -0.25) is 15.6 Å². The Kier molecular flexibility index (Phi) is 6.66. The highest BCUT2D eigenvalue weighted by Gasteiger charge is 2.13. The van der Waals surface area contributed by atoms with Crippen molar-refractivity contribution in [1.29, 1.82) is 0 Å². The molecule has 0 aromatic heterocycles. The fourth-order valence-electron chi connectivity index (χ4n) is 1.87. The second-order valence-electron chi connectivity index (χ2n) is 4.73. The Labute approximate surface area is 155 Å². The molecule has 0 unspecified atom stereocenters. The van der Waals surface area contributed by atoms with E-state index >= 15 is 0 Å². The van der Waals surface area contributed by atoms with Gasteiger partial charge < -0.3 is 10.1 Å². The van der Waals surface area contributed by atoms with Crippen LogP contribution in [0, 0.1) is 0 Å². The van der Waals surface area contributed by atoms with Crippen LogP contribution in [0.15, 0.2) is 42.5 Å². The normalized spacial score (nSPS) is 9.96. The molecular formula is C16H15Cl2N3O2S. The number of hydrogen-bond acceptors (Lipinski definition) is 3. The van der Waals surface area contributed by atoms with Gasteiger partial charge in [0.2, 0.25) is 0 Å². The Morgan fingerprint density at radius 1 is 1.08 bits per heavy atom. The van der Waals surface area contributed by atoms with Crippen LogP contribution < -0.4 is 20.9 Å². The smallest absolute Gasteiger partial charge is 0.273 e. The standard InChI is InChI=1S/C16H15Cl2N3O2S/c1-23-14-7-6-12(18)8-13(14)15(22)20-21-16(24)19-9-10-2-4-11(17)5-3-10/h2-8H,9H2,1H3,(H,20,22)(H2,19,21,24). The lowest BCUT2D eigenvalue weighted by Gasteiger charge is -2.13. The molecule has 0 fully saturated rings. The maximum absolute atomic E-state index is 12.2. The number of nitrogens with one attached hydrogen (secondary N) is 3. The molecule has 126 valence electrons. The third-order valence-electron chi connectivity index (χ3n) is 3.06. The highest BCUT2D eigenvalue weighted by Crippen LogP contribution is 2.22. The van der Waals surface area contributed by atoms with Gasteiger partial charge in [-0.2, -0.15) is 0 Å². The summed E-state index contributed by atoms with van der Waals surface area (Å²) >= 11 is 16.8. The molecule has 0 spiro atoms. The Morgan fingerprint density at radius 3 is 2.42 bits per heavy atom. The monoisotopic (exact) mass is 383 g/mol. The maximum atomic E-state index is 12.2. The number of halogens is 2. The molecule has 0 aliphatic carbocycles. The summed E-state index contributed by atoms with van der Waals surface area (Å²) in [7, 11) is 1.48. The second-order valence-corrected chi connectivity index (χ2v) is 6.01. The van der Waals surface area contributed by atoms with E-state index in [1.807, 2.05) is 12.1 Å². The van der Waals surface area contributed by atoms with Crippen molar-refractivity contribution >= 4 is 46.4 Å². The maximum Gasteiger partial charge on any atom is 0.273 e. The van der Waals surface area contributed by atoms with Crippen molar-refractivity contribution in [1.82, 2.24) is 16.2 Å².